The Labute approximate surface area is 226 Å². The van der Waals surface area contributed by atoms with Crippen LogP contribution in [0, 0.1) is 22.7 Å². The highest BCUT2D eigenvalue weighted by molar-refractivity contribution is 6.00. The third-order valence-corrected chi connectivity index (χ3v) is 5.50. The maximum absolute atomic E-state index is 12.6. The first-order chi connectivity index (χ1) is 19.0. The predicted molar refractivity (Wildman–Crippen MR) is 143 cm³/mol. The molecule has 2 aromatic carbocycles. The fourth-order valence-corrected chi connectivity index (χ4v) is 3.62. The molecule has 3 amide bonds. The summed E-state index contributed by atoms with van der Waals surface area (Å²) < 4.78 is 15.9. The van der Waals surface area contributed by atoms with Gasteiger partial charge in [0.25, 0.3) is 0 Å². The maximum Gasteiger partial charge on any atom is 0.407 e. The molecule has 0 bridgehead atoms. The minimum Gasteiger partial charge on any atom is -0.496 e. The molecule has 12 heteroatoms. The number of rotatable bonds is 13. The Morgan fingerprint density at radius 3 is 2.44 bits per heavy atom. The lowest BCUT2D eigenvalue weighted by Gasteiger charge is -2.19. The Balaban J connectivity index is 1.46. The van der Waals surface area contributed by atoms with Crippen molar-refractivity contribution in [1.82, 2.24) is 15.2 Å². The van der Waals surface area contributed by atoms with Crippen molar-refractivity contribution in [3.63, 3.8) is 0 Å². The van der Waals surface area contributed by atoms with Crippen molar-refractivity contribution in [2.75, 3.05) is 44.0 Å². The Hall–Kier alpha value is -5.07. The van der Waals surface area contributed by atoms with E-state index in [0.717, 1.165) is 5.56 Å². The lowest BCUT2D eigenvalue weighted by molar-refractivity contribution is 0.127. The smallest absolute Gasteiger partial charge is 0.407 e. The van der Waals surface area contributed by atoms with Crippen LogP contribution in [0.3, 0.4) is 0 Å². The number of aromatic nitrogens is 1. The van der Waals surface area contributed by atoms with Gasteiger partial charge < -0.3 is 29.8 Å². The zero-order valence-electron chi connectivity index (χ0n) is 21.5. The summed E-state index contributed by atoms with van der Waals surface area (Å²) in [5.41, 5.74) is 2.52. The van der Waals surface area contributed by atoms with Gasteiger partial charge in [-0.05, 0) is 29.8 Å². The fraction of sp³-hybridized carbons (Fsp3) is 0.296. The van der Waals surface area contributed by atoms with Gasteiger partial charge in [0, 0.05) is 56.5 Å². The molecule has 0 atom stereocenters. The van der Waals surface area contributed by atoms with Crippen LogP contribution in [0.15, 0.2) is 59.5 Å². The van der Waals surface area contributed by atoms with Gasteiger partial charge in [-0.2, -0.15) is 10.5 Å². The quantitative estimate of drug-likeness (QED) is 0.291. The Kier molecular flexibility index (Phi) is 11.1. The second-order valence-corrected chi connectivity index (χ2v) is 8.21. The number of amides is 3. The van der Waals surface area contributed by atoms with Gasteiger partial charge >= 0.3 is 12.1 Å². The van der Waals surface area contributed by atoms with Gasteiger partial charge in [0.15, 0.2) is 12.2 Å². The first kappa shape index (κ1) is 28.5. The minimum absolute atomic E-state index is 0.134. The molecule has 0 fully saturated rings. The molecule has 0 saturated heterocycles. The van der Waals surface area contributed by atoms with E-state index in [1.165, 1.54) is 13.5 Å². The van der Waals surface area contributed by atoms with Gasteiger partial charge in [-0.1, -0.05) is 12.1 Å². The van der Waals surface area contributed by atoms with Gasteiger partial charge in [-0.15, -0.1) is 0 Å². The Bertz CT molecular complexity index is 1300. The molecule has 3 rings (SSSR count). The highest BCUT2D eigenvalue weighted by Gasteiger charge is 2.12. The summed E-state index contributed by atoms with van der Waals surface area (Å²) in [6.45, 7) is 1.79. The van der Waals surface area contributed by atoms with Crippen molar-refractivity contribution < 1.29 is 23.5 Å². The molecule has 0 saturated carbocycles. The normalized spacial score (nSPS) is 10.3. The standard InChI is InChI=1S/C27H29N7O5/c1-37-24-16-22(7-8-23(24)25-18-30-19-39-25)33-26(35)32-21-6-2-5-20(15-21)17-31-27(36)38-14-13-34(11-3-9-28)12-4-10-29/h2,5-8,15-16,18-19H,3-4,11-14,17H2,1H3,(H,31,36)(H2,32,33,35). The van der Waals surface area contributed by atoms with E-state index in [1.54, 1.807) is 42.6 Å². The lowest BCUT2D eigenvalue weighted by Crippen LogP contribution is -2.32. The van der Waals surface area contributed by atoms with Crippen LogP contribution < -0.4 is 20.7 Å². The van der Waals surface area contributed by atoms with E-state index in [0.29, 0.717) is 60.9 Å². The number of oxazole rings is 1. The molecule has 0 spiro atoms. The van der Waals surface area contributed by atoms with Crippen LogP contribution in [0.1, 0.15) is 18.4 Å². The summed E-state index contributed by atoms with van der Waals surface area (Å²) in [4.78, 5) is 30.5. The summed E-state index contributed by atoms with van der Waals surface area (Å²) in [7, 11) is 1.52. The van der Waals surface area contributed by atoms with E-state index in [2.05, 4.69) is 33.1 Å². The number of ether oxygens (including phenoxy) is 2. The molecule has 3 aromatic rings. The summed E-state index contributed by atoms with van der Waals surface area (Å²) in [6.07, 6.45) is 2.99. The highest BCUT2D eigenvalue weighted by atomic mass is 16.5. The van der Waals surface area contributed by atoms with Crippen molar-refractivity contribution in [1.29, 1.82) is 10.5 Å². The van der Waals surface area contributed by atoms with E-state index in [-0.39, 0.29) is 13.2 Å². The molecule has 39 heavy (non-hydrogen) atoms. The van der Waals surface area contributed by atoms with Crippen molar-refractivity contribution >= 4 is 23.5 Å². The van der Waals surface area contributed by atoms with Crippen molar-refractivity contribution in [2.45, 2.75) is 19.4 Å². The molecule has 202 valence electrons. The van der Waals surface area contributed by atoms with E-state index in [4.69, 9.17) is 24.4 Å². The molecule has 3 N–H and O–H groups in total. The number of nitriles is 2. The Morgan fingerprint density at radius 2 is 1.77 bits per heavy atom. The summed E-state index contributed by atoms with van der Waals surface area (Å²) in [6, 6.07) is 15.9. The van der Waals surface area contributed by atoms with Crippen LogP contribution in [-0.2, 0) is 11.3 Å². The Morgan fingerprint density at radius 1 is 1.03 bits per heavy atom. The number of benzene rings is 2. The van der Waals surface area contributed by atoms with Crippen LogP contribution >= 0.6 is 0 Å². The van der Waals surface area contributed by atoms with Gasteiger partial charge in [-0.3, -0.25) is 4.90 Å². The number of hydrogen-bond acceptors (Lipinski definition) is 9. The summed E-state index contributed by atoms with van der Waals surface area (Å²) in [5, 5.41) is 25.7. The molecule has 0 aliphatic carbocycles. The van der Waals surface area contributed by atoms with Crippen LogP contribution in [0.25, 0.3) is 11.3 Å². The number of urea groups is 1. The van der Waals surface area contributed by atoms with Crippen LogP contribution in [-0.4, -0.2) is 55.4 Å². The average molecular weight is 532 g/mol. The second kappa shape index (κ2) is 15.2. The minimum atomic E-state index is -0.589. The summed E-state index contributed by atoms with van der Waals surface area (Å²) in [5.74, 6) is 1.06. The first-order valence-corrected chi connectivity index (χ1v) is 12.1. The van der Waals surface area contributed by atoms with Crippen molar-refractivity contribution in [3.8, 4) is 29.2 Å². The molecule has 1 aromatic heterocycles. The number of hydrogen-bond donors (Lipinski definition) is 3. The third-order valence-electron chi connectivity index (χ3n) is 5.50. The molecular formula is C27H29N7O5. The number of carbonyl (C=O) groups excluding carboxylic acids is 2. The number of carbonyl (C=O) groups is 2. The number of alkyl carbamates (subject to hydrolysis) is 1. The van der Waals surface area contributed by atoms with Gasteiger partial charge in [0.1, 0.15) is 12.4 Å². The summed E-state index contributed by atoms with van der Waals surface area (Å²) >= 11 is 0. The van der Waals surface area contributed by atoms with Crippen LogP contribution in [0.2, 0.25) is 0 Å². The van der Waals surface area contributed by atoms with E-state index >= 15 is 0 Å². The van der Waals surface area contributed by atoms with Gasteiger partial charge in [0.2, 0.25) is 0 Å². The highest BCUT2D eigenvalue weighted by Crippen LogP contribution is 2.32. The van der Waals surface area contributed by atoms with E-state index < -0.39 is 12.1 Å². The topological polar surface area (TPSA) is 166 Å². The number of anilines is 2. The first-order valence-electron chi connectivity index (χ1n) is 12.1. The third kappa shape index (κ3) is 9.39. The SMILES string of the molecule is COc1cc(NC(=O)Nc2cccc(CNC(=O)OCCN(CCC#N)CCC#N)c2)ccc1-c1cnco1. The average Bonchev–Trinajstić information content (AvgIpc) is 3.48. The number of methoxy groups -OCH3 is 1. The van der Waals surface area contributed by atoms with E-state index in [1.807, 2.05) is 11.0 Å². The zero-order chi connectivity index (χ0) is 27.9. The van der Waals surface area contributed by atoms with Crippen LogP contribution in [0.4, 0.5) is 21.0 Å². The maximum atomic E-state index is 12.6. The molecule has 0 aliphatic heterocycles. The van der Waals surface area contributed by atoms with Crippen molar-refractivity contribution in [2.24, 2.45) is 0 Å². The fourth-order valence-electron chi connectivity index (χ4n) is 3.62. The zero-order valence-corrected chi connectivity index (χ0v) is 21.5. The van der Waals surface area contributed by atoms with Crippen LogP contribution in [0.5, 0.6) is 5.75 Å². The predicted octanol–water partition coefficient (Wildman–Crippen LogP) is 4.35. The monoisotopic (exact) mass is 531 g/mol. The number of nitrogens with zero attached hydrogens (tertiary/aromatic N) is 4. The largest absolute Gasteiger partial charge is 0.496 e. The molecule has 1 heterocycles. The lowest BCUT2D eigenvalue weighted by atomic mass is 10.1. The van der Waals surface area contributed by atoms with Crippen molar-refractivity contribution in [3.05, 3.63) is 60.6 Å². The van der Waals surface area contributed by atoms with Gasteiger partial charge in [-0.25, -0.2) is 14.6 Å². The molecular weight excluding hydrogens is 502 g/mol. The van der Waals surface area contributed by atoms with E-state index in [9.17, 15) is 9.59 Å². The molecule has 0 radical (unpaired) electrons. The second-order valence-electron chi connectivity index (χ2n) is 8.21. The molecule has 0 unspecified atom stereocenters. The molecule has 0 aliphatic rings. The molecule has 12 nitrogen and oxygen atoms in total. The number of nitrogens with one attached hydrogen (secondary N) is 3. The van der Waals surface area contributed by atoms with Gasteiger partial charge in [0.05, 0.1) is 31.0 Å².